The molecule has 2 aromatic rings. The second-order valence-electron chi connectivity index (χ2n) is 6.11. The van der Waals surface area contributed by atoms with Crippen LogP contribution in [0.2, 0.25) is 0 Å². The largest absolute Gasteiger partial charge is 0.489 e. The Bertz CT molecular complexity index is 696. The van der Waals surface area contributed by atoms with Gasteiger partial charge in [-0.1, -0.05) is 12.1 Å². The summed E-state index contributed by atoms with van der Waals surface area (Å²) in [6.07, 6.45) is 3.70. The second kappa shape index (κ2) is 11.7. The van der Waals surface area contributed by atoms with Gasteiger partial charge in [-0.25, -0.2) is 9.37 Å². The first-order valence-electron chi connectivity index (χ1n) is 9.19. The van der Waals surface area contributed by atoms with E-state index in [0.717, 1.165) is 37.7 Å². The van der Waals surface area contributed by atoms with Crippen molar-refractivity contribution in [3.8, 4) is 5.75 Å². The molecule has 0 saturated heterocycles. The fraction of sp³-hybridized carbons (Fsp3) is 0.400. The van der Waals surface area contributed by atoms with Crippen LogP contribution in [0.3, 0.4) is 0 Å². The molecular formula is C20H28FN5O. The molecule has 27 heavy (non-hydrogen) atoms. The van der Waals surface area contributed by atoms with Crippen LogP contribution < -0.4 is 20.7 Å². The van der Waals surface area contributed by atoms with Gasteiger partial charge in [0.25, 0.3) is 0 Å². The van der Waals surface area contributed by atoms with Crippen LogP contribution in [0, 0.1) is 5.82 Å². The van der Waals surface area contributed by atoms with Gasteiger partial charge < -0.3 is 20.7 Å². The number of ether oxygens (including phenoxy) is 1. The summed E-state index contributed by atoms with van der Waals surface area (Å²) in [6, 6.07) is 12.0. The molecule has 6 nitrogen and oxygen atoms in total. The van der Waals surface area contributed by atoms with Gasteiger partial charge in [0.2, 0.25) is 0 Å². The van der Waals surface area contributed by atoms with Crippen molar-refractivity contribution in [3.63, 3.8) is 0 Å². The van der Waals surface area contributed by atoms with Crippen LogP contribution in [0.25, 0.3) is 0 Å². The molecule has 0 fully saturated rings. The zero-order chi connectivity index (χ0) is 19.3. The third-order valence-corrected chi connectivity index (χ3v) is 3.78. The van der Waals surface area contributed by atoms with Crippen molar-refractivity contribution >= 4 is 11.8 Å². The average Bonchev–Trinajstić information content (AvgIpc) is 2.67. The summed E-state index contributed by atoms with van der Waals surface area (Å²) < 4.78 is 18.9. The zero-order valence-electron chi connectivity index (χ0n) is 15.9. The molecule has 1 aromatic carbocycles. The summed E-state index contributed by atoms with van der Waals surface area (Å²) in [5, 5.41) is 9.78. The number of benzene rings is 1. The molecule has 0 spiro atoms. The molecule has 1 aromatic heterocycles. The van der Waals surface area contributed by atoms with E-state index in [9.17, 15) is 4.39 Å². The van der Waals surface area contributed by atoms with Crippen molar-refractivity contribution < 1.29 is 9.13 Å². The molecular weight excluding hydrogens is 345 g/mol. The molecule has 0 radical (unpaired) electrons. The number of nitrogens with one attached hydrogen (secondary N) is 3. The van der Waals surface area contributed by atoms with Gasteiger partial charge >= 0.3 is 0 Å². The van der Waals surface area contributed by atoms with Gasteiger partial charge in [0.05, 0.1) is 6.54 Å². The lowest BCUT2D eigenvalue weighted by molar-refractivity contribution is 0.223. The molecule has 0 saturated carbocycles. The van der Waals surface area contributed by atoms with Gasteiger partial charge in [0.15, 0.2) is 5.96 Å². The number of pyridine rings is 1. The molecule has 0 aliphatic heterocycles. The molecule has 2 rings (SSSR count). The van der Waals surface area contributed by atoms with E-state index in [0.29, 0.717) is 12.3 Å². The van der Waals surface area contributed by atoms with Gasteiger partial charge in [-0.3, -0.25) is 4.99 Å². The first kappa shape index (κ1) is 20.5. The van der Waals surface area contributed by atoms with E-state index in [1.54, 1.807) is 25.4 Å². The Morgan fingerprint density at radius 1 is 1.15 bits per heavy atom. The molecule has 7 heteroatoms. The van der Waals surface area contributed by atoms with E-state index in [4.69, 9.17) is 4.74 Å². The Balaban J connectivity index is 1.57. The van der Waals surface area contributed by atoms with Gasteiger partial charge in [-0.05, 0) is 44.0 Å². The highest BCUT2D eigenvalue weighted by molar-refractivity contribution is 5.79. The Kier molecular flexibility index (Phi) is 8.89. The standard InChI is InChI=1S/C20H28FN5O/c1-16(27-18-9-7-8-17(21)14-18)15-26-20(22-2)25-13-6-5-12-24-19-10-3-4-11-23-19/h3-4,7-11,14,16H,5-6,12-13,15H2,1-2H3,(H,23,24)(H2,22,25,26). The van der Waals surface area contributed by atoms with Crippen molar-refractivity contribution in [2.45, 2.75) is 25.9 Å². The summed E-state index contributed by atoms with van der Waals surface area (Å²) >= 11 is 0. The average molecular weight is 373 g/mol. The maximum Gasteiger partial charge on any atom is 0.191 e. The minimum absolute atomic E-state index is 0.118. The summed E-state index contributed by atoms with van der Waals surface area (Å²) in [6.45, 7) is 4.19. The van der Waals surface area contributed by atoms with Crippen LogP contribution in [-0.4, -0.2) is 43.7 Å². The van der Waals surface area contributed by atoms with E-state index in [1.165, 1.54) is 12.1 Å². The van der Waals surface area contributed by atoms with E-state index in [2.05, 4.69) is 25.9 Å². The fourth-order valence-corrected chi connectivity index (χ4v) is 2.42. The summed E-state index contributed by atoms with van der Waals surface area (Å²) in [5.74, 6) is 1.84. The molecule has 146 valence electrons. The van der Waals surface area contributed by atoms with Gasteiger partial charge in [-0.2, -0.15) is 0 Å². The van der Waals surface area contributed by atoms with Crippen molar-refractivity contribution in [1.29, 1.82) is 0 Å². The Labute approximate surface area is 160 Å². The Hall–Kier alpha value is -2.83. The van der Waals surface area contributed by atoms with Crippen LogP contribution in [0.15, 0.2) is 53.7 Å². The van der Waals surface area contributed by atoms with Gasteiger partial charge in [0.1, 0.15) is 23.5 Å². The minimum Gasteiger partial charge on any atom is -0.489 e. The lowest BCUT2D eigenvalue weighted by Gasteiger charge is -2.17. The van der Waals surface area contributed by atoms with Crippen LogP contribution in [-0.2, 0) is 0 Å². The minimum atomic E-state index is -0.303. The van der Waals surface area contributed by atoms with E-state index < -0.39 is 0 Å². The third-order valence-electron chi connectivity index (χ3n) is 3.78. The number of halogens is 1. The summed E-state index contributed by atoms with van der Waals surface area (Å²) in [7, 11) is 1.73. The molecule has 0 aliphatic rings. The quantitative estimate of drug-likeness (QED) is 0.339. The monoisotopic (exact) mass is 373 g/mol. The number of aromatic nitrogens is 1. The highest BCUT2D eigenvalue weighted by Gasteiger charge is 2.06. The lowest BCUT2D eigenvalue weighted by Crippen LogP contribution is -2.42. The zero-order valence-corrected chi connectivity index (χ0v) is 15.9. The van der Waals surface area contributed by atoms with Crippen LogP contribution in [0.4, 0.5) is 10.2 Å². The fourth-order valence-electron chi connectivity index (χ4n) is 2.42. The highest BCUT2D eigenvalue weighted by Crippen LogP contribution is 2.13. The number of hydrogen-bond acceptors (Lipinski definition) is 4. The molecule has 1 unspecified atom stereocenters. The van der Waals surface area contributed by atoms with E-state index in [-0.39, 0.29) is 11.9 Å². The second-order valence-corrected chi connectivity index (χ2v) is 6.11. The highest BCUT2D eigenvalue weighted by atomic mass is 19.1. The van der Waals surface area contributed by atoms with Crippen molar-refractivity contribution in [2.75, 3.05) is 32.0 Å². The van der Waals surface area contributed by atoms with Crippen LogP contribution >= 0.6 is 0 Å². The number of unbranched alkanes of at least 4 members (excludes halogenated alkanes) is 1. The van der Waals surface area contributed by atoms with Gasteiger partial charge in [0, 0.05) is 32.4 Å². The Morgan fingerprint density at radius 3 is 2.74 bits per heavy atom. The Morgan fingerprint density at radius 2 is 2.00 bits per heavy atom. The first-order chi connectivity index (χ1) is 13.2. The number of rotatable bonds is 10. The molecule has 3 N–H and O–H groups in total. The maximum absolute atomic E-state index is 13.2. The number of anilines is 1. The van der Waals surface area contributed by atoms with Crippen LogP contribution in [0.1, 0.15) is 19.8 Å². The lowest BCUT2D eigenvalue weighted by atomic mass is 10.3. The first-order valence-corrected chi connectivity index (χ1v) is 9.19. The predicted molar refractivity (Wildman–Crippen MR) is 108 cm³/mol. The number of nitrogens with zero attached hydrogens (tertiary/aromatic N) is 2. The molecule has 1 atom stereocenters. The van der Waals surface area contributed by atoms with E-state index in [1.807, 2.05) is 25.1 Å². The van der Waals surface area contributed by atoms with Gasteiger partial charge in [-0.15, -0.1) is 0 Å². The predicted octanol–water partition coefficient (Wildman–Crippen LogP) is 3.05. The third kappa shape index (κ3) is 8.40. The summed E-state index contributed by atoms with van der Waals surface area (Å²) in [4.78, 5) is 8.42. The molecule has 0 amide bonds. The summed E-state index contributed by atoms with van der Waals surface area (Å²) in [5.41, 5.74) is 0. The molecule has 0 bridgehead atoms. The van der Waals surface area contributed by atoms with Crippen molar-refractivity contribution in [2.24, 2.45) is 4.99 Å². The molecule has 0 aliphatic carbocycles. The van der Waals surface area contributed by atoms with Crippen molar-refractivity contribution in [3.05, 3.63) is 54.5 Å². The topological polar surface area (TPSA) is 70.6 Å². The SMILES string of the molecule is CN=C(NCCCCNc1ccccn1)NCC(C)Oc1cccc(F)c1. The number of aliphatic imine (C=N–C) groups is 1. The smallest absolute Gasteiger partial charge is 0.191 e. The molecule has 1 heterocycles. The van der Waals surface area contributed by atoms with Crippen molar-refractivity contribution in [1.82, 2.24) is 15.6 Å². The number of hydrogen-bond donors (Lipinski definition) is 3. The van der Waals surface area contributed by atoms with E-state index >= 15 is 0 Å². The number of guanidine groups is 1. The normalized spacial score (nSPS) is 12.3. The van der Waals surface area contributed by atoms with Crippen LogP contribution in [0.5, 0.6) is 5.75 Å². The maximum atomic E-state index is 13.2.